The molecule has 1 heterocycles. The molecule has 1 aliphatic carbocycles. The van der Waals surface area contributed by atoms with Gasteiger partial charge in [-0.2, -0.15) is 0 Å². The monoisotopic (exact) mass is 167 g/mol. The van der Waals surface area contributed by atoms with Gasteiger partial charge < -0.3 is 0 Å². The average Bonchev–Trinajstić information content (AvgIpc) is 2.36. The number of thiocarbonyl (C=S) groups is 1. The zero-order chi connectivity index (χ0) is 6.97. The molecule has 0 fully saturated rings. The van der Waals surface area contributed by atoms with Crippen molar-refractivity contribution < 1.29 is 0 Å². The summed E-state index contributed by atoms with van der Waals surface area (Å²) in [6.07, 6.45) is 4.99. The van der Waals surface area contributed by atoms with Crippen LogP contribution in [0.5, 0.6) is 0 Å². The van der Waals surface area contributed by atoms with Crippen molar-refractivity contribution in [1.29, 1.82) is 0 Å². The zero-order valence-electron chi connectivity index (χ0n) is 5.20. The van der Waals surface area contributed by atoms with Crippen molar-refractivity contribution in [2.75, 3.05) is 0 Å². The van der Waals surface area contributed by atoms with E-state index in [1.807, 2.05) is 11.6 Å². The standard InChI is InChI=1S/C7H5NS2/c9-6-3-1-2-5-7(6)10-4-8-5/h1,3-4H,2H2. The van der Waals surface area contributed by atoms with E-state index >= 15 is 0 Å². The van der Waals surface area contributed by atoms with Crippen molar-refractivity contribution in [3.05, 3.63) is 28.2 Å². The average molecular weight is 167 g/mol. The molecule has 3 heteroatoms. The second-order valence-electron chi connectivity index (χ2n) is 2.10. The number of nitrogens with zero attached hydrogens (tertiary/aromatic N) is 1. The fourth-order valence-electron chi connectivity index (χ4n) is 0.968. The lowest BCUT2D eigenvalue weighted by molar-refractivity contribution is 1.14. The summed E-state index contributed by atoms with van der Waals surface area (Å²) >= 11 is 6.73. The molecular weight excluding hydrogens is 162 g/mol. The van der Waals surface area contributed by atoms with Crippen LogP contribution in [-0.2, 0) is 6.42 Å². The molecule has 1 aliphatic rings. The molecule has 0 atom stereocenters. The first-order chi connectivity index (χ1) is 4.88. The van der Waals surface area contributed by atoms with E-state index in [1.54, 1.807) is 11.3 Å². The summed E-state index contributed by atoms with van der Waals surface area (Å²) < 4.78 is 0. The molecule has 1 aromatic rings. The van der Waals surface area contributed by atoms with Crippen molar-refractivity contribution in [1.82, 2.24) is 4.98 Å². The Hall–Kier alpha value is -0.540. The van der Waals surface area contributed by atoms with Crippen LogP contribution < -0.4 is 0 Å². The molecule has 0 unspecified atom stereocenters. The summed E-state index contributed by atoms with van der Waals surface area (Å²) in [5.41, 5.74) is 2.99. The third kappa shape index (κ3) is 0.822. The van der Waals surface area contributed by atoms with E-state index in [4.69, 9.17) is 12.2 Å². The van der Waals surface area contributed by atoms with Gasteiger partial charge in [0.15, 0.2) is 0 Å². The number of hydrogen-bond donors (Lipinski definition) is 0. The molecular formula is C7H5NS2. The predicted molar refractivity (Wildman–Crippen MR) is 46.7 cm³/mol. The molecule has 1 nitrogen and oxygen atoms in total. The lowest BCUT2D eigenvalue weighted by Gasteiger charge is -2.01. The van der Waals surface area contributed by atoms with Crippen molar-refractivity contribution in [2.45, 2.75) is 6.42 Å². The maximum absolute atomic E-state index is 5.10. The molecule has 0 N–H and O–H groups in total. The zero-order valence-corrected chi connectivity index (χ0v) is 6.84. The fraction of sp³-hybridized carbons (Fsp3) is 0.143. The Kier molecular flexibility index (Phi) is 1.39. The van der Waals surface area contributed by atoms with Crippen LogP contribution >= 0.6 is 23.6 Å². The van der Waals surface area contributed by atoms with E-state index < -0.39 is 0 Å². The highest BCUT2D eigenvalue weighted by Gasteiger charge is 2.10. The number of hydrogen-bond acceptors (Lipinski definition) is 3. The Morgan fingerprint density at radius 1 is 1.60 bits per heavy atom. The number of aromatic nitrogens is 1. The van der Waals surface area contributed by atoms with Gasteiger partial charge in [0, 0.05) is 6.42 Å². The highest BCUT2D eigenvalue weighted by Crippen LogP contribution is 2.19. The molecule has 10 heavy (non-hydrogen) atoms. The van der Waals surface area contributed by atoms with Gasteiger partial charge in [0.2, 0.25) is 0 Å². The molecule has 0 amide bonds. The summed E-state index contributed by atoms with van der Waals surface area (Å²) in [5, 5.41) is 0. The van der Waals surface area contributed by atoms with Gasteiger partial charge in [0.05, 0.1) is 20.9 Å². The summed E-state index contributed by atoms with van der Waals surface area (Å²) in [6, 6.07) is 0. The normalized spacial score (nSPS) is 15.4. The molecule has 0 aliphatic heterocycles. The van der Waals surface area contributed by atoms with Crippen LogP contribution in [0, 0.1) is 0 Å². The van der Waals surface area contributed by atoms with Crippen LogP contribution in [0.3, 0.4) is 0 Å². The largest absolute Gasteiger partial charge is 0.249 e. The molecule has 50 valence electrons. The molecule has 2 rings (SSSR count). The van der Waals surface area contributed by atoms with Crippen LogP contribution in [0.25, 0.3) is 0 Å². The lowest BCUT2D eigenvalue weighted by atomic mass is 10.1. The Bertz CT molecular complexity index is 298. The SMILES string of the molecule is S=C1C=CCc2ncsc21. The first-order valence-electron chi connectivity index (χ1n) is 3.01. The van der Waals surface area contributed by atoms with Crippen LogP contribution in [0.1, 0.15) is 10.6 Å². The van der Waals surface area contributed by atoms with E-state index in [1.165, 1.54) is 4.88 Å². The second kappa shape index (κ2) is 2.25. The number of allylic oxidation sites excluding steroid dienone is 2. The van der Waals surface area contributed by atoms with Gasteiger partial charge in [-0.15, -0.1) is 11.3 Å². The van der Waals surface area contributed by atoms with Crippen LogP contribution in [0.2, 0.25) is 0 Å². The predicted octanol–water partition coefficient (Wildman–Crippen LogP) is 1.97. The number of thiazole rings is 1. The molecule has 0 radical (unpaired) electrons. The van der Waals surface area contributed by atoms with Crippen molar-refractivity contribution in [3.63, 3.8) is 0 Å². The summed E-state index contributed by atoms with van der Waals surface area (Å²) in [4.78, 5) is 6.30. The van der Waals surface area contributed by atoms with Crippen molar-refractivity contribution >= 4 is 28.4 Å². The van der Waals surface area contributed by atoms with E-state index in [0.29, 0.717) is 0 Å². The van der Waals surface area contributed by atoms with Crippen LogP contribution in [-0.4, -0.2) is 9.85 Å². The molecule has 0 saturated heterocycles. The third-order valence-corrected chi connectivity index (χ3v) is 2.82. The van der Waals surface area contributed by atoms with Gasteiger partial charge in [-0.1, -0.05) is 18.3 Å². The summed E-state index contributed by atoms with van der Waals surface area (Å²) in [5.74, 6) is 0. The molecule has 1 aromatic heterocycles. The van der Waals surface area contributed by atoms with E-state index in [0.717, 1.165) is 17.0 Å². The molecule has 0 aromatic carbocycles. The highest BCUT2D eigenvalue weighted by atomic mass is 32.1. The van der Waals surface area contributed by atoms with Gasteiger partial charge in [-0.05, 0) is 6.08 Å². The van der Waals surface area contributed by atoms with E-state index in [-0.39, 0.29) is 0 Å². The summed E-state index contributed by atoms with van der Waals surface area (Å²) in [7, 11) is 0. The minimum absolute atomic E-state index is 0.934. The van der Waals surface area contributed by atoms with Crippen molar-refractivity contribution in [3.8, 4) is 0 Å². The van der Waals surface area contributed by atoms with E-state index in [2.05, 4.69) is 11.1 Å². The molecule has 0 saturated carbocycles. The maximum Gasteiger partial charge on any atom is 0.0801 e. The topological polar surface area (TPSA) is 12.9 Å². The lowest BCUT2D eigenvalue weighted by Crippen LogP contribution is -2.00. The Balaban J connectivity index is 2.58. The third-order valence-electron chi connectivity index (χ3n) is 1.45. The van der Waals surface area contributed by atoms with E-state index in [9.17, 15) is 0 Å². The van der Waals surface area contributed by atoms with Crippen LogP contribution in [0.15, 0.2) is 17.7 Å². The van der Waals surface area contributed by atoms with Gasteiger partial charge in [0.1, 0.15) is 0 Å². The van der Waals surface area contributed by atoms with Gasteiger partial charge in [0.25, 0.3) is 0 Å². The smallest absolute Gasteiger partial charge is 0.0801 e. The number of rotatable bonds is 0. The first kappa shape index (κ1) is 6.19. The molecule has 0 spiro atoms. The van der Waals surface area contributed by atoms with Crippen molar-refractivity contribution in [2.24, 2.45) is 0 Å². The Morgan fingerprint density at radius 3 is 3.30 bits per heavy atom. The Morgan fingerprint density at radius 2 is 2.50 bits per heavy atom. The van der Waals surface area contributed by atoms with Gasteiger partial charge in [-0.25, -0.2) is 4.98 Å². The summed E-state index contributed by atoms with van der Waals surface area (Å²) in [6.45, 7) is 0. The molecule has 0 bridgehead atoms. The minimum Gasteiger partial charge on any atom is -0.249 e. The minimum atomic E-state index is 0.934. The highest BCUT2D eigenvalue weighted by molar-refractivity contribution is 7.81. The number of fused-ring (bicyclic) bond motifs is 1. The van der Waals surface area contributed by atoms with Crippen LogP contribution in [0.4, 0.5) is 0 Å². The first-order valence-corrected chi connectivity index (χ1v) is 4.30. The Labute approximate surface area is 68.4 Å². The quantitative estimate of drug-likeness (QED) is 0.548. The van der Waals surface area contributed by atoms with Gasteiger partial charge in [-0.3, -0.25) is 0 Å². The fourth-order valence-corrected chi connectivity index (χ4v) is 2.07. The van der Waals surface area contributed by atoms with Gasteiger partial charge >= 0.3 is 0 Å². The second-order valence-corrected chi connectivity index (χ2v) is 3.39. The maximum atomic E-state index is 5.10.